The molecule has 41 heavy (non-hydrogen) atoms. The molecule has 2 atom stereocenters. The predicted molar refractivity (Wildman–Crippen MR) is 142 cm³/mol. The third-order valence-electron chi connectivity index (χ3n) is 9.73. The van der Waals surface area contributed by atoms with E-state index in [-0.39, 0.29) is 42.8 Å². The summed E-state index contributed by atoms with van der Waals surface area (Å²) in [6, 6.07) is 9.45. The first-order chi connectivity index (χ1) is 19.5. The minimum atomic E-state index is -4.61. The predicted octanol–water partition coefficient (Wildman–Crippen LogP) is 5.52. The summed E-state index contributed by atoms with van der Waals surface area (Å²) in [6.45, 7) is 3.66. The first kappa shape index (κ1) is 26.6. The van der Waals surface area contributed by atoms with Gasteiger partial charge in [-0.1, -0.05) is 12.1 Å². The van der Waals surface area contributed by atoms with Crippen LogP contribution in [0, 0.1) is 5.41 Å². The fraction of sp³-hybridized carbons (Fsp3) is 0.500. The second-order valence-electron chi connectivity index (χ2n) is 12.2. The summed E-state index contributed by atoms with van der Waals surface area (Å²) >= 11 is 0. The van der Waals surface area contributed by atoms with Crippen molar-refractivity contribution in [2.24, 2.45) is 12.5 Å². The summed E-state index contributed by atoms with van der Waals surface area (Å²) in [7, 11) is 1.66. The number of carbonyl (C=O) groups is 1. The maximum atomic E-state index is 15.9. The van der Waals surface area contributed by atoms with Gasteiger partial charge in [-0.2, -0.15) is 13.2 Å². The van der Waals surface area contributed by atoms with Gasteiger partial charge >= 0.3 is 6.18 Å². The molecule has 1 saturated carbocycles. The van der Waals surface area contributed by atoms with E-state index in [0.29, 0.717) is 22.2 Å². The Kier molecular flexibility index (Phi) is 5.90. The Hall–Kier alpha value is -3.31. The van der Waals surface area contributed by atoms with E-state index in [1.54, 1.807) is 37.4 Å². The normalized spacial score (nSPS) is 22.6. The van der Waals surface area contributed by atoms with Crippen molar-refractivity contribution in [1.29, 1.82) is 0 Å². The van der Waals surface area contributed by atoms with Crippen molar-refractivity contribution in [2.45, 2.75) is 56.5 Å². The molecule has 0 radical (unpaired) electrons. The van der Waals surface area contributed by atoms with Gasteiger partial charge in [-0.05, 0) is 79.1 Å². The van der Waals surface area contributed by atoms with Crippen LogP contribution in [0.2, 0.25) is 0 Å². The van der Waals surface area contributed by atoms with E-state index in [1.165, 1.54) is 34.7 Å². The lowest BCUT2D eigenvalue weighted by Crippen LogP contribution is -2.50. The number of rotatable bonds is 6. The number of aryl methyl sites for hydroxylation is 1. The molecule has 1 spiro atoms. The molecule has 3 aliphatic heterocycles. The summed E-state index contributed by atoms with van der Waals surface area (Å²) < 4.78 is 65.9. The van der Waals surface area contributed by atoms with Crippen molar-refractivity contribution in [1.82, 2.24) is 19.7 Å². The molecule has 7 rings (SSSR count). The first-order valence-electron chi connectivity index (χ1n) is 14.0. The third-order valence-corrected chi connectivity index (χ3v) is 9.73. The van der Waals surface area contributed by atoms with E-state index in [4.69, 9.17) is 4.74 Å². The number of aromatic nitrogens is 3. The quantitative estimate of drug-likeness (QED) is 0.366. The molecule has 0 N–H and O–H groups in total. The van der Waals surface area contributed by atoms with Crippen molar-refractivity contribution < 1.29 is 27.1 Å². The SMILES string of the molecule is CC(c1cc2c(c(C(F)(F)F)c1)CN(c1cccc(C3(C(F)c4nncn4C)COC3)c1)C2=O)N1CCC2(CC2)C1. The maximum Gasteiger partial charge on any atom is 0.416 e. The van der Waals surface area contributed by atoms with E-state index in [2.05, 4.69) is 15.1 Å². The van der Waals surface area contributed by atoms with Crippen molar-refractivity contribution in [3.63, 3.8) is 0 Å². The number of amides is 1. The summed E-state index contributed by atoms with van der Waals surface area (Å²) in [5.41, 5.74) is 0.105. The standard InChI is InChI=1S/C30H31F4N5O2/c1-18(38-9-8-28(14-38)6-7-28)19-10-22-23(24(11-19)30(32,33)34)13-39(27(22)40)21-5-3-4-20(12-21)29(15-41-16-29)25(31)26-36-35-17-37(26)2/h3-5,10-12,17-18,25H,6-9,13-16H2,1-2H3. The molecule has 2 unspecified atom stereocenters. The lowest BCUT2D eigenvalue weighted by atomic mass is 9.74. The molecule has 1 aromatic heterocycles. The van der Waals surface area contributed by atoms with Crippen LogP contribution in [0.4, 0.5) is 23.2 Å². The lowest BCUT2D eigenvalue weighted by Gasteiger charge is -2.43. The molecule has 3 aromatic rings. The molecule has 0 bridgehead atoms. The molecule has 4 aliphatic rings. The molecule has 2 aromatic carbocycles. The Bertz CT molecular complexity index is 1530. The average molecular weight is 570 g/mol. The molecule has 2 saturated heterocycles. The summed E-state index contributed by atoms with van der Waals surface area (Å²) in [4.78, 5) is 17.3. The number of nitrogens with zero attached hydrogens (tertiary/aromatic N) is 5. The van der Waals surface area contributed by atoms with Crippen LogP contribution < -0.4 is 4.90 Å². The van der Waals surface area contributed by atoms with Gasteiger partial charge < -0.3 is 14.2 Å². The number of carbonyl (C=O) groups excluding carboxylic acids is 1. The van der Waals surface area contributed by atoms with Crippen LogP contribution in [-0.2, 0) is 29.9 Å². The number of fused-ring (bicyclic) bond motifs is 1. The Morgan fingerprint density at radius 2 is 1.88 bits per heavy atom. The van der Waals surface area contributed by atoms with Gasteiger partial charge in [-0.15, -0.1) is 10.2 Å². The molecule has 11 heteroatoms. The van der Waals surface area contributed by atoms with Crippen molar-refractivity contribution >= 4 is 11.6 Å². The van der Waals surface area contributed by atoms with Gasteiger partial charge in [-0.3, -0.25) is 9.69 Å². The van der Waals surface area contributed by atoms with Crippen LogP contribution in [0.15, 0.2) is 42.7 Å². The largest absolute Gasteiger partial charge is 0.416 e. The summed E-state index contributed by atoms with van der Waals surface area (Å²) in [5, 5.41) is 7.72. The Balaban J connectivity index is 1.22. The van der Waals surface area contributed by atoms with Gasteiger partial charge in [-0.25, -0.2) is 4.39 Å². The second kappa shape index (κ2) is 9.09. The monoisotopic (exact) mass is 569 g/mol. The van der Waals surface area contributed by atoms with Gasteiger partial charge in [0.05, 0.1) is 30.7 Å². The second-order valence-corrected chi connectivity index (χ2v) is 12.2. The van der Waals surface area contributed by atoms with Crippen LogP contribution in [-0.4, -0.2) is 51.9 Å². The van der Waals surface area contributed by atoms with Crippen molar-refractivity contribution in [2.75, 3.05) is 31.2 Å². The number of alkyl halides is 4. The highest BCUT2D eigenvalue weighted by Crippen LogP contribution is 2.54. The fourth-order valence-corrected chi connectivity index (χ4v) is 6.76. The molecular formula is C30H31F4N5O2. The number of anilines is 1. The molecular weight excluding hydrogens is 538 g/mol. The molecule has 1 aliphatic carbocycles. The van der Waals surface area contributed by atoms with Crippen LogP contribution in [0.1, 0.15) is 76.8 Å². The minimum absolute atomic E-state index is 0.0203. The zero-order chi connectivity index (χ0) is 28.7. The molecule has 7 nitrogen and oxygen atoms in total. The number of likely N-dealkylation sites (tertiary alicyclic amines) is 1. The van der Waals surface area contributed by atoms with Crippen LogP contribution in [0.25, 0.3) is 0 Å². The minimum Gasteiger partial charge on any atom is -0.379 e. The third kappa shape index (κ3) is 4.19. The zero-order valence-corrected chi connectivity index (χ0v) is 22.9. The highest BCUT2D eigenvalue weighted by molar-refractivity contribution is 6.10. The van der Waals surface area contributed by atoms with Crippen LogP contribution >= 0.6 is 0 Å². The maximum absolute atomic E-state index is 15.9. The highest BCUT2D eigenvalue weighted by Gasteiger charge is 2.51. The Labute approximate surface area is 235 Å². The molecule has 3 fully saturated rings. The van der Waals surface area contributed by atoms with Gasteiger partial charge in [0, 0.05) is 30.9 Å². The number of hydrogen-bond donors (Lipinski definition) is 0. The number of hydrogen-bond acceptors (Lipinski definition) is 5. The number of ether oxygens (including phenoxy) is 1. The lowest BCUT2D eigenvalue weighted by molar-refractivity contribution is -0.138. The van der Waals surface area contributed by atoms with Gasteiger partial charge in [0.2, 0.25) is 0 Å². The summed E-state index contributed by atoms with van der Waals surface area (Å²) in [6.07, 6.45) is -1.28. The Morgan fingerprint density at radius 1 is 1.10 bits per heavy atom. The molecule has 1 amide bonds. The topological polar surface area (TPSA) is 63.5 Å². The van der Waals surface area contributed by atoms with Crippen molar-refractivity contribution in [3.8, 4) is 0 Å². The summed E-state index contributed by atoms with van der Waals surface area (Å²) in [5.74, 6) is -0.328. The molecule has 216 valence electrons. The highest BCUT2D eigenvalue weighted by atomic mass is 19.4. The van der Waals surface area contributed by atoms with Gasteiger partial charge in [0.25, 0.3) is 5.91 Å². The smallest absolute Gasteiger partial charge is 0.379 e. The first-order valence-corrected chi connectivity index (χ1v) is 14.0. The van der Waals surface area contributed by atoms with Gasteiger partial charge in [0.15, 0.2) is 12.0 Å². The van der Waals surface area contributed by atoms with E-state index in [0.717, 1.165) is 19.5 Å². The van der Waals surface area contributed by atoms with Crippen LogP contribution in [0.3, 0.4) is 0 Å². The number of benzene rings is 2. The van der Waals surface area contributed by atoms with E-state index in [1.807, 2.05) is 6.92 Å². The van der Waals surface area contributed by atoms with Crippen molar-refractivity contribution in [3.05, 3.63) is 76.4 Å². The van der Waals surface area contributed by atoms with Crippen LogP contribution in [0.5, 0.6) is 0 Å². The number of halogens is 4. The molecule has 4 heterocycles. The average Bonchev–Trinajstić information content (AvgIpc) is 3.19. The zero-order valence-electron chi connectivity index (χ0n) is 22.9. The van der Waals surface area contributed by atoms with E-state index >= 15 is 4.39 Å². The van der Waals surface area contributed by atoms with E-state index < -0.39 is 29.2 Å². The fourth-order valence-electron chi connectivity index (χ4n) is 6.76. The van der Waals surface area contributed by atoms with Gasteiger partial charge in [0.1, 0.15) is 6.33 Å². The van der Waals surface area contributed by atoms with E-state index in [9.17, 15) is 18.0 Å². The Morgan fingerprint density at radius 3 is 2.49 bits per heavy atom.